The first-order valence-corrected chi connectivity index (χ1v) is 2.10. The second kappa shape index (κ2) is 2.99. The van der Waals surface area contributed by atoms with Gasteiger partial charge in [0.1, 0.15) is 0 Å². The zero-order valence-corrected chi connectivity index (χ0v) is 7.60. The summed E-state index contributed by atoms with van der Waals surface area (Å²) in [5.74, 6) is 0. The van der Waals surface area contributed by atoms with E-state index in [2.05, 4.69) is 0 Å². The molecule has 0 aromatic heterocycles. The minimum absolute atomic E-state index is 0. The monoisotopic (exact) mass is 336 g/mol. The van der Waals surface area contributed by atoms with E-state index in [0.29, 0.717) is 0 Å². The Morgan fingerprint density at radius 2 is 1.17 bits per heavy atom. The van der Waals surface area contributed by atoms with Gasteiger partial charge in [0, 0.05) is 0 Å². The number of hydrogen-bond donors (Lipinski definition) is 2. The summed E-state index contributed by atoms with van der Waals surface area (Å²) in [7, 11) is -4.67. The van der Waals surface area contributed by atoms with Crippen LogP contribution < -0.4 is 0 Å². The summed E-state index contributed by atoms with van der Waals surface area (Å²) in [6, 6.07) is 0. The summed E-state index contributed by atoms with van der Waals surface area (Å²) < 4.78 is 31.6. The molecule has 6 heteroatoms. The third-order valence-corrected chi connectivity index (χ3v) is 0. The summed E-state index contributed by atoms with van der Waals surface area (Å²) in [6.45, 7) is 0. The Balaban J connectivity index is 0. The molecular weight excluding hydrogens is 334 g/mol. The van der Waals surface area contributed by atoms with Crippen LogP contribution in [0.15, 0.2) is 0 Å². The van der Waals surface area contributed by atoms with Gasteiger partial charge in [-0.1, -0.05) is 0 Å². The van der Waals surface area contributed by atoms with Gasteiger partial charge in [-0.25, -0.2) is 0 Å². The maximum atomic E-state index is 8.74. The molecule has 0 atom stereocenters. The molecule has 0 fully saturated rings. The molecule has 0 rings (SSSR count). The van der Waals surface area contributed by atoms with E-state index in [4.69, 9.17) is 17.5 Å². The van der Waals surface area contributed by atoms with Crippen LogP contribution in [-0.2, 0) is 10.4 Å². The van der Waals surface area contributed by atoms with Gasteiger partial charge >= 0.3 is 41.5 Å². The molecule has 0 aliphatic carbocycles. The van der Waals surface area contributed by atoms with Crippen LogP contribution in [-0.4, -0.2) is 17.5 Å². The molecule has 0 bridgehead atoms. The molecule has 0 saturated carbocycles. The largest absolute Gasteiger partial charge is 2.00 e. The van der Waals surface area contributed by atoms with Crippen LogP contribution in [0.1, 0.15) is 0 Å². The molecule has 0 aromatic carbocycles. The molecule has 0 saturated heterocycles. The molecule has 0 aliphatic rings. The molecule has 0 unspecified atom stereocenters. The van der Waals surface area contributed by atoms with E-state index in [9.17, 15) is 0 Å². The van der Waals surface area contributed by atoms with Crippen molar-refractivity contribution < 1.29 is 48.6 Å². The van der Waals surface area contributed by atoms with Crippen molar-refractivity contribution in [2.24, 2.45) is 0 Å². The molecule has 0 aromatic rings. The number of hydrogen-bond acceptors (Lipinski definition) is 2. The SMILES string of the molecule is O=S(=O)(O)O.[U+2]. The second-order valence-corrected chi connectivity index (χ2v) is 1.34. The van der Waals surface area contributed by atoms with Crippen molar-refractivity contribution in [1.82, 2.24) is 0 Å². The summed E-state index contributed by atoms with van der Waals surface area (Å²) in [6.07, 6.45) is 0. The van der Waals surface area contributed by atoms with Gasteiger partial charge in [0.2, 0.25) is 0 Å². The molecular formula is H2O4SU+2. The standard InChI is InChI=1S/H2O4S.U/c1-5(2,3)4;/h(H2,1,2,3,4);/q;+2. The Bertz CT molecular complexity index is 90.7. The van der Waals surface area contributed by atoms with E-state index in [1.807, 2.05) is 0 Å². The topological polar surface area (TPSA) is 74.6 Å². The molecule has 0 aliphatic heterocycles. The first-order chi connectivity index (χ1) is 2.00. The molecule has 34 valence electrons. The minimum atomic E-state index is -4.67. The quantitative estimate of drug-likeness (QED) is 0.577. The Morgan fingerprint density at radius 1 is 1.17 bits per heavy atom. The Morgan fingerprint density at radius 3 is 1.17 bits per heavy atom. The van der Waals surface area contributed by atoms with Gasteiger partial charge in [-0.15, -0.1) is 0 Å². The van der Waals surface area contributed by atoms with Gasteiger partial charge in [0.25, 0.3) is 0 Å². The van der Waals surface area contributed by atoms with Crippen LogP contribution in [0, 0.1) is 31.1 Å². The summed E-state index contributed by atoms with van der Waals surface area (Å²) in [5, 5.41) is 0. The predicted octanol–water partition coefficient (Wildman–Crippen LogP) is -0.653. The minimum Gasteiger partial charge on any atom is -0.264 e. The van der Waals surface area contributed by atoms with Gasteiger partial charge in [-0.2, -0.15) is 8.42 Å². The molecule has 0 heterocycles. The smallest absolute Gasteiger partial charge is 0.264 e. The van der Waals surface area contributed by atoms with E-state index < -0.39 is 10.4 Å². The normalized spacial score (nSPS) is 9.67. The van der Waals surface area contributed by atoms with Crippen molar-refractivity contribution in [2.75, 3.05) is 0 Å². The van der Waals surface area contributed by atoms with Crippen molar-refractivity contribution >= 4 is 10.4 Å². The average Bonchev–Trinajstić information content (AvgIpc) is 0.722. The van der Waals surface area contributed by atoms with Crippen LogP contribution in [0.4, 0.5) is 0 Å². The zero-order chi connectivity index (χ0) is 4.50. The van der Waals surface area contributed by atoms with Crippen molar-refractivity contribution in [3.8, 4) is 0 Å². The van der Waals surface area contributed by atoms with Crippen molar-refractivity contribution in [3.63, 3.8) is 0 Å². The summed E-state index contributed by atoms with van der Waals surface area (Å²) >= 11 is 0. The first kappa shape index (κ1) is 10.0. The maximum Gasteiger partial charge on any atom is 2.00 e. The average molecular weight is 336 g/mol. The fourth-order valence-corrected chi connectivity index (χ4v) is 0. The molecule has 4 nitrogen and oxygen atoms in total. The van der Waals surface area contributed by atoms with Crippen LogP contribution in [0.25, 0.3) is 0 Å². The third kappa shape index (κ3) is 89.1. The Kier molecular flexibility index (Phi) is 5.00. The van der Waals surface area contributed by atoms with Gasteiger partial charge in [0.15, 0.2) is 0 Å². The van der Waals surface area contributed by atoms with Crippen molar-refractivity contribution in [2.45, 2.75) is 0 Å². The van der Waals surface area contributed by atoms with Gasteiger partial charge in [-0.3, -0.25) is 9.11 Å². The van der Waals surface area contributed by atoms with Crippen LogP contribution >= 0.6 is 0 Å². The summed E-state index contributed by atoms with van der Waals surface area (Å²) in [5.41, 5.74) is 0. The van der Waals surface area contributed by atoms with Crippen molar-refractivity contribution in [3.05, 3.63) is 0 Å². The molecule has 0 spiro atoms. The van der Waals surface area contributed by atoms with Crippen molar-refractivity contribution in [1.29, 1.82) is 0 Å². The van der Waals surface area contributed by atoms with Gasteiger partial charge in [-0.05, 0) is 0 Å². The van der Waals surface area contributed by atoms with Crippen LogP contribution in [0.5, 0.6) is 0 Å². The van der Waals surface area contributed by atoms with Crippen LogP contribution in [0.3, 0.4) is 0 Å². The van der Waals surface area contributed by atoms with Crippen LogP contribution in [0.2, 0.25) is 0 Å². The Hall–Kier alpha value is 0.922. The van der Waals surface area contributed by atoms with Gasteiger partial charge < -0.3 is 0 Å². The summed E-state index contributed by atoms with van der Waals surface area (Å²) in [4.78, 5) is 0. The van der Waals surface area contributed by atoms with E-state index in [1.165, 1.54) is 0 Å². The van der Waals surface area contributed by atoms with E-state index >= 15 is 0 Å². The second-order valence-electron chi connectivity index (χ2n) is 0.448. The fraction of sp³-hybridized carbons (Fsp3) is 0. The third-order valence-electron chi connectivity index (χ3n) is 0. The molecule has 0 amide bonds. The van der Waals surface area contributed by atoms with E-state index in [0.717, 1.165) is 0 Å². The van der Waals surface area contributed by atoms with Gasteiger partial charge in [0.05, 0.1) is 0 Å². The fourth-order valence-electron chi connectivity index (χ4n) is 0. The number of rotatable bonds is 0. The molecule has 6 heavy (non-hydrogen) atoms. The Labute approximate surface area is 58.9 Å². The first-order valence-electron chi connectivity index (χ1n) is 0.698. The van der Waals surface area contributed by atoms with E-state index in [-0.39, 0.29) is 31.1 Å². The molecule has 2 N–H and O–H groups in total. The maximum absolute atomic E-state index is 8.74. The molecule has 0 radical (unpaired) electrons. The van der Waals surface area contributed by atoms with E-state index in [1.54, 1.807) is 0 Å². The predicted molar refractivity (Wildman–Crippen MR) is 14.2 cm³/mol. The zero-order valence-electron chi connectivity index (χ0n) is 2.62.